The lowest BCUT2D eigenvalue weighted by Crippen LogP contribution is -2.47. The maximum Gasteiger partial charge on any atom is 0.276 e. The summed E-state index contributed by atoms with van der Waals surface area (Å²) in [6, 6.07) is 5.73. The summed E-state index contributed by atoms with van der Waals surface area (Å²) in [5.74, 6) is -0.110. The third-order valence-corrected chi connectivity index (χ3v) is 3.11. The molecule has 1 aromatic carbocycles. The molecule has 0 aliphatic carbocycles. The minimum Gasteiger partial charge on any atom is -0.484 e. The third kappa shape index (κ3) is 4.75. The summed E-state index contributed by atoms with van der Waals surface area (Å²) in [4.78, 5) is 23.2. The van der Waals surface area contributed by atoms with Crippen LogP contribution in [0.25, 0.3) is 0 Å². The number of rotatable bonds is 4. The van der Waals surface area contributed by atoms with E-state index < -0.39 is 12.0 Å². The van der Waals surface area contributed by atoms with Gasteiger partial charge in [0.05, 0.1) is 0 Å². The first-order chi connectivity index (χ1) is 10.0. The van der Waals surface area contributed by atoms with E-state index in [2.05, 4.69) is 10.9 Å². The molecule has 0 unspecified atom stereocenters. The Kier molecular flexibility index (Phi) is 5.16. The largest absolute Gasteiger partial charge is 0.484 e. The van der Waals surface area contributed by atoms with E-state index in [4.69, 9.17) is 9.47 Å². The molecule has 21 heavy (non-hydrogen) atoms. The van der Waals surface area contributed by atoms with Gasteiger partial charge in [-0.05, 0) is 49.9 Å². The van der Waals surface area contributed by atoms with Crippen LogP contribution < -0.4 is 15.6 Å². The lowest BCUT2D eigenvalue weighted by molar-refractivity contribution is -0.135. The summed E-state index contributed by atoms with van der Waals surface area (Å²) < 4.78 is 10.6. The number of amides is 2. The van der Waals surface area contributed by atoms with E-state index in [1.807, 2.05) is 32.0 Å². The topological polar surface area (TPSA) is 76.7 Å². The minimum atomic E-state index is -0.467. The first-order valence-corrected chi connectivity index (χ1v) is 6.96. The molecule has 6 nitrogen and oxygen atoms in total. The Morgan fingerprint density at radius 3 is 2.57 bits per heavy atom. The predicted molar refractivity (Wildman–Crippen MR) is 76.7 cm³/mol. The molecule has 1 aliphatic rings. The summed E-state index contributed by atoms with van der Waals surface area (Å²) >= 11 is 0. The van der Waals surface area contributed by atoms with Gasteiger partial charge >= 0.3 is 0 Å². The summed E-state index contributed by atoms with van der Waals surface area (Å²) in [6.07, 6.45) is 1.08. The van der Waals surface area contributed by atoms with Crippen molar-refractivity contribution in [2.45, 2.75) is 32.8 Å². The Balaban J connectivity index is 1.73. The highest BCUT2D eigenvalue weighted by molar-refractivity contribution is 5.85. The maximum absolute atomic E-state index is 11.6. The Hall–Kier alpha value is -2.08. The van der Waals surface area contributed by atoms with Crippen molar-refractivity contribution in [1.82, 2.24) is 10.9 Å². The van der Waals surface area contributed by atoms with E-state index in [0.717, 1.165) is 17.5 Å². The van der Waals surface area contributed by atoms with Crippen LogP contribution in [0.1, 0.15) is 24.0 Å². The van der Waals surface area contributed by atoms with Crippen LogP contribution in [0.15, 0.2) is 18.2 Å². The second-order valence-electron chi connectivity index (χ2n) is 5.15. The molecular weight excluding hydrogens is 272 g/mol. The SMILES string of the molecule is Cc1cc(C)cc(OCC(=O)NNC(=O)[C@@H]2CCCO2)c1. The van der Waals surface area contributed by atoms with Crippen LogP contribution in [0.5, 0.6) is 5.75 Å². The fraction of sp³-hybridized carbons (Fsp3) is 0.467. The zero-order valence-electron chi connectivity index (χ0n) is 12.3. The normalized spacial score (nSPS) is 17.3. The third-order valence-electron chi connectivity index (χ3n) is 3.11. The first kappa shape index (κ1) is 15.3. The lowest BCUT2D eigenvalue weighted by Gasteiger charge is -2.12. The summed E-state index contributed by atoms with van der Waals surface area (Å²) in [7, 11) is 0. The number of nitrogens with one attached hydrogen (secondary N) is 2. The van der Waals surface area contributed by atoms with Crippen molar-refractivity contribution in [3.05, 3.63) is 29.3 Å². The zero-order valence-corrected chi connectivity index (χ0v) is 12.3. The van der Waals surface area contributed by atoms with Gasteiger partial charge in [0.2, 0.25) is 0 Å². The van der Waals surface area contributed by atoms with Crippen LogP contribution in [0.4, 0.5) is 0 Å². The van der Waals surface area contributed by atoms with Crippen LogP contribution in [0, 0.1) is 13.8 Å². The van der Waals surface area contributed by atoms with Crippen LogP contribution in [-0.4, -0.2) is 31.1 Å². The molecule has 1 heterocycles. The summed E-state index contributed by atoms with van der Waals surface area (Å²) in [5.41, 5.74) is 6.79. The van der Waals surface area contributed by atoms with Crippen molar-refractivity contribution < 1.29 is 19.1 Å². The molecule has 0 radical (unpaired) electrons. The quantitative estimate of drug-likeness (QED) is 0.812. The molecule has 0 saturated carbocycles. The van der Waals surface area contributed by atoms with Crippen LogP contribution in [0.2, 0.25) is 0 Å². The van der Waals surface area contributed by atoms with E-state index in [9.17, 15) is 9.59 Å². The highest BCUT2D eigenvalue weighted by Gasteiger charge is 2.23. The average molecular weight is 292 g/mol. The molecule has 2 N–H and O–H groups in total. The van der Waals surface area contributed by atoms with Crippen molar-refractivity contribution in [3.8, 4) is 5.75 Å². The van der Waals surface area contributed by atoms with E-state index >= 15 is 0 Å². The number of hydrogen-bond acceptors (Lipinski definition) is 4. The molecule has 1 aromatic rings. The monoisotopic (exact) mass is 292 g/mol. The highest BCUT2D eigenvalue weighted by atomic mass is 16.5. The van der Waals surface area contributed by atoms with Gasteiger partial charge in [0.15, 0.2) is 6.61 Å². The van der Waals surface area contributed by atoms with Gasteiger partial charge in [-0.15, -0.1) is 0 Å². The predicted octanol–water partition coefficient (Wildman–Crippen LogP) is 1.01. The molecule has 6 heteroatoms. The molecular formula is C15H20N2O4. The van der Waals surface area contributed by atoms with Crippen molar-refractivity contribution in [3.63, 3.8) is 0 Å². The van der Waals surface area contributed by atoms with E-state index in [-0.39, 0.29) is 12.5 Å². The van der Waals surface area contributed by atoms with Gasteiger partial charge in [0.1, 0.15) is 11.9 Å². The Morgan fingerprint density at radius 1 is 1.24 bits per heavy atom. The molecule has 0 bridgehead atoms. The highest BCUT2D eigenvalue weighted by Crippen LogP contribution is 2.16. The van der Waals surface area contributed by atoms with E-state index in [1.165, 1.54) is 0 Å². The molecule has 0 spiro atoms. The van der Waals surface area contributed by atoms with Gasteiger partial charge in [-0.1, -0.05) is 6.07 Å². The van der Waals surface area contributed by atoms with Crippen LogP contribution >= 0.6 is 0 Å². The van der Waals surface area contributed by atoms with Crippen LogP contribution in [0.3, 0.4) is 0 Å². The molecule has 1 aliphatic heterocycles. The van der Waals surface area contributed by atoms with Gasteiger partial charge < -0.3 is 9.47 Å². The molecule has 0 aromatic heterocycles. The molecule has 114 valence electrons. The standard InChI is InChI=1S/C15H20N2O4/c1-10-6-11(2)8-12(7-10)21-9-14(18)16-17-15(19)13-4-3-5-20-13/h6-8,13H,3-5,9H2,1-2H3,(H,16,18)(H,17,19)/t13-/m0/s1. The number of aryl methyl sites for hydroxylation is 2. The number of hydrogen-bond donors (Lipinski definition) is 2. The van der Waals surface area contributed by atoms with Gasteiger partial charge in [-0.25, -0.2) is 0 Å². The molecule has 1 saturated heterocycles. The number of benzene rings is 1. The summed E-state index contributed by atoms with van der Waals surface area (Å²) in [6.45, 7) is 4.35. The minimum absolute atomic E-state index is 0.158. The van der Waals surface area contributed by atoms with Crippen molar-refractivity contribution in [2.75, 3.05) is 13.2 Å². The van der Waals surface area contributed by atoms with Gasteiger partial charge in [-0.3, -0.25) is 20.4 Å². The fourth-order valence-electron chi connectivity index (χ4n) is 2.20. The number of carbonyl (C=O) groups is 2. The molecule has 1 fully saturated rings. The fourth-order valence-corrected chi connectivity index (χ4v) is 2.20. The summed E-state index contributed by atoms with van der Waals surface area (Å²) in [5, 5.41) is 0. The lowest BCUT2D eigenvalue weighted by atomic mass is 10.1. The second-order valence-corrected chi connectivity index (χ2v) is 5.15. The van der Waals surface area contributed by atoms with Crippen LogP contribution in [-0.2, 0) is 14.3 Å². The van der Waals surface area contributed by atoms with Gasteiger partial charge in [0, 0.05) is 6.61 Å². The maximum atomic E-state index is 11.6. The van der Waals surface area contributed by atoms with Gasteiger partial charge in [-0.2, -0.15) is 0 Å². The van der Waals surface area contributed by atoms with Crippen molar-refractivity contribution in [1.29, 1.82) is 0 Å². The number of carbonyl (C=O) groups excluding carboxylic acids is 2. The zero-order chi connectivity index (χ0) is 15.2. The molecule has 2 amide bonds. The number of ether oxygens (including phenoxy) is 2. The molecule has 1 atom stereocenters. The second kappa shape index (κ2) is 7.08. The first-order valence-electron chi connectivity index (χ1n) is 6.96. The Bertz CT molecular complexity index is 504. The Morgan fingerprint density at radius 2 is 1.95 bits per heavy atom. The van der Waals surface area contributed by atoms with Crippen molar-refractivity contribution >= 4 is 11.8 Å². The van der Waals surface area contributed by atoms with E-state index in [0.29, 0.717) is 18.8 Å². The van der Waals surface area contributed by atoms with Crippen molar-refractivity contribution in [2.24, 2.45) is 0 Å². The average Bonchev–Trinajstić information content (AvgIpc) is 2.95. The Labute approximate surface area is 123 Å². The number of hydrazine groups is 1. The smallest absolute Gasteiger partial charge is 0.276 e. The van der Waals surface area contributed by atoms with Gasteiger partial charge in [0.25, 0.3) is 11.8 Å². The molecule has 2 rings (SSSR count). The van der Waals surface area contributed by atoms with E-state index in [1.54, 1.807) is 0 Å².